The molecule has 2 heterocycles. The minimum absolute atomic E-state index is 0.402. The van der Waals surface area contributed by atoms with E-state index in [0.29, 0.717) is 18.5 Å². The molecule has 0 fully saturated rings. The average Bonchev–Trinajstić information content (AvgIpc) is 3.16. The first-order chi connectivity index (χ1) is 9.86. The molecule has 0 saturated carbocycles. The fraction of sp³-hybridized carbons (Fsp3) is 0.143. The molecule has 0 aliphatic heterocycles. The monoisotopic (exact) mass is 287 g/mol. The molecule has 0 aliphatic rings. The maximum Gasteiger partial charge on any atom is 0.316 e. The number of methoxy groups -OCH3 is 1. The molecule has 0 bridgehead atoms. The maximum absolute atomic E-state index is 5.56. The maximum atomic E-state index is 5.56. The van der Waals surface area contributed by atoms with E-state index in [-0.39, 0.29) is 0 Å². The van der Waals surface area contributed by atoms with Crippen LogP contribution in [0.3, 0.4) is 0 Å². The number of aromatic nitrogens is 2. The van der Waals surface area contributed by atoms with Gasteiger partial charge in [0.2, 0.25) is 0 Å². The van der Waals surface area contributed by atoms with Crippen LogP contribution < -0.4 is 10.1 Å². The Morgan fingerprint density at radius 1 is 1.20 bits per heavy atom. The van der Waals surface area contributed by atoms with Crippen LogP contribution in [-0.2, 0) is 6.54 Å². The third-order valence-corrected chi connectivity index (χ3v) is 3.64. The van der Waals surface area contributed by atoms with E-state index < -0.39 is 0 Å². The van der Waals surface area contributed by atoms with Crippen LogP contribution >= 0.6 is 11.3 Å². The first-order valence-corrected chi connectivity index (χ1v) is 6.98. The lowest BCUT2D eigenvalue weighted by Crippen LogP contribution is -2.01. The number of hydrogen-bond donors (Lipinski definition) is 1. The van der Waals surface area contributed by atoms with E-state index in [9.17, 15) is 0 Å². The van der Waals surface area contributed by atoms with Crippen molar-refractivity contribution in [2.75, 3.05) is 12.4 Å². The zero-order valence-corrected chi connectivity index (χ0v) is 11.7. The van der Waals surface area contributed by atoms with E-state index in [2.05, 4.69) is 15.5 Å². The van der Waals surface area contributed by atoms with Crippen LogP contribution in [0.5, 0.6) is 5.75 Å². The zero-order chi connectivity index (χ0) is 13.8. The third-order valence-electron chi connectivity index (χ3n) is 2.78. The minimum Gasteiger partial charge on any atom is -0.496 e. The fourth-order valence-corrected chi connectivity index (χ4v) is 2.46. The van der Waals surface area contributed by atoms with Gasteiger partial charge in [-0.3, -0.25) is 0 Å². The number of thiophene rings is 1. The summed E-state index contributed by atoms with van der Waals surface area (Å²) in [6.07, 6.45) is 0. The summed E-state index contributed by atoms with van der Waals surface area (Å²) >= 11 is 1.57. The van der Waals surface area contributed by atoms with Crippen LogP contribution in [0.25, 0.3) is 10.8 Å². The number of anilines is 1. The highest BCUT2D eigenvalue weighted by molar-refractivity contribution is 7.13. The quantitative estimate of drug-likeness (QED) is 0.779. The normalized spacial score (nSPS) is 10.4. The molecule has 2 aromatic heterocycles. The summed E-state index contributed by atoms with van der Waals surface area (Å²) < 4.78 is 10.9. The molecule has 0 aliphatic carbocycles. The number of benzene rings is 1. The van der Waals surface area contributed by atoms with Gasteiger partial charge in [-0.2, -0.15) is 0 Å². The number of nitrogens with zero attached hydrogens (tertiary/aromatic N) is 2. The summed E-state index contributed by atoms with van der Waals surface area (Å²) in [7, 11) is 1.65. The molecule has 0 unspecified atom stereocenters. The lowest BCUT2D eigenvalue weighted by Gasteiger charge is -2.07. The van der Waals surface area contributed by atoms with Gasteiger partial charge in [0, 0.05) is 12.1 Å². The lowest BCUT2D eigenvalue weighted by atomic mass is 10.2. The van der Waals surface area contributed by atoms with Gasteiger partial charge in [0.1, 0.15) is 5.75 Å². The standard InChI is InChI=1S/C14H13N3O2S/c1-18-11-6-3-2-5-10(11)9-15-14-17-16-13(19-14)12-7-4-8-20-12/h2-8H,9H2,1H3,(H,15,17). The molecule has 6 heteroatoms. The average molecular weight is 287 g/mol. The van der Waals surface area contributed by atoms with Crippen LogP contribution in [-0.4, -0.2) is 17.3 Å². The van der Waals surface area contributed by atoms with Crippen LogP contribution in [0.4, 0.5) is 6.01 Å². The van der Waals surface area contributed by atoms with E-state index >= 15 is 0 Å². The molecule has 102 valence electrons. The van der Waals surface area contributed by atoms with Crippen molar-refractivity contribution in [1.82, 2.24) is 10.2 Å². The van der Waals surface area contributed by atoms with Crippen LogP contribution in [0.1, 0.15) is 5.56 Å². The molecule has 0 amide bonds. The third kappa shape index (κ3) is 2.65. The van der Waals surface area contributed by atoms with Crippen molar-refractivity contribution in [1.29, 1.82) is 0 Å². The van der Waals surface area contributed by atoms with Gasteiger partial charge in [0.15, 0.2) is 0 Å². The molecule has 20 heavy (non-hydrogen) atoms. The summed E-state index contributed by atoms with van der Waals surface area (Å²) in [5.41, 5.74) is 1.03. The first-order valence-electron chi connectivity index (χ1n) is 6.10. The molecule has 0 spiro atoms. The Bertz CT molecular complexity index is 679. The van der Waals surface area contributed by atoms with E-state index in [1.54, 1.807) is 18.4 Å². The van der Waals surface area contributed by atoms with E-state index in [1.165, 1.54) is 0 Å². The SMILES string of the molecule is COc1ccccc1CNc1nnc(-c2cccs2)o1. The molecule has 0 radical (unpaired) electrons. The predicted molar refractivity (Wildman–Crippen MR) is 77.9 cm³/mol. The van der Waals surface area contributed by atoms with Crippen LogP contribution in [0.2, 0.25) is 0 Å². The predicted octanol–water partition coefficient (Wildman–Crippen LogP) is 3.42. The Labute approximate surface area is 120 Å². The molecular formula is C14H13N3O2S. The Kier molecular flexibility index (Phi) is 3.64. The van der Waals surface area contributed by atoms with Gasteiger partial charge in [-0.15, -0.1) is 16.4 Å². The summed E-state index contributed by atoms with van der Waals surface area (Å²) in [4.78, 5) is 0.961. The Morgan fingerprint density at radius 2 is 2.10 bits per heavy atom. The van der Waals surface area contributed by atoms with Crippen molar-refractivity contribution in [3.8, 4) is 16.5 Å². The number of para-hydroxylation sites is 1. The van der Waals surface area contributed by atoms with Crippen molar-refractivity contribution in [3.63, 3.8) is 0 Å². The Balaban J connectivity index is 1.70. The van der Waals surface area contributed by atoms with E-state index in [1.807, 2.05) is 41.8 Å². The Morgan fingerprint density at radius 3 is 2.90 bits per heavy atom. The molecular weight excluding hydrogens is 274 g/mol. The zero-order valence-electron chi connectivity index (χ0n) is 10.9. The second-order valence-corrected chi connectivity index (χ2v) is 5.00. The van der Waals surface area contributed by atoms with Gasteiger partial charge in [-0.1, -0.05) is 29.4 Å². The molecule has 0 atom stereocenters. The second-order valence-electron chi connectivity index (χ2n) is 4.06. The van der Waals surface area contributed by atoms with Gasteiger partial charge in [0.25, 0.3) is 5.89 Å². The van der Waals surface area contributed by atoms with E-state index in [0.717, 1.165) is 16.2 Å². The largest absolute Gasteiger partial charge is 0.496 e. The fourth-order valence-electron chi connectivity index (χ4n) is 1.81. The minimum atomic E-state index is 0.402. The van der Waals surface area contributed by atoms with Gasteiger partial charge in [-0.25, -0.2) is 0 Å². The first kappa shape index (κ1) is 12.7. The van der Waals surface area contributed by atoms with Crippen LogP contribution in [0.15, 0.2) is 46.2 Å². The van der Waals surface area contributed by atoms with Gasteiger partial charge in [0.05, 0.1) is 12.0 Å². The summed E-state index contributed by atoms with van der Waals surface area (Å²) in [6.45, 7) is 0.566. The summed E-state index contributed by atoms with van der Waals surface area (Å²) in [5.74, 6) is 1.36. The van der Waals surface area contributed by atoms with Gasteiger partial charge < -0.3 is 14.5 Å². The molecule has 3 aromatic rings. The smallest absolute Gasteiger partial charge is 0.316 e. The van der Waals surface area contributed by atoms with Crippen molar-refractivity contribution in [3.05, 3.63) is 47.3 Å². The highest BCUT2D eigenvalue weighted by Gasteiger charge is 2.09. The van der Waals surface area contributed by atoms with Crippen LogP contribution in [0, 0.1) is 0 Å². The van der Waals surface area contributed by atoms with Crippen molar-refractivity contribution < 1.29 is 9.15 Å². The molecule has 5 nitrogen and oxygen atoms in total. The second kappa shape index (κ2) is 5.75. The lowest BCUT2D eigenvalue weighted by molar-refractivity contribution is 0.410. The molecule has 1 aromatic carbocycles. The van der Waals surface area contributed by atoms with Crippen molar-refractivity contribution in [2.45, 2.75) is 6.54 Å². The highest BCUT2D eigenvalue weighted by Crippen LogP contribution is 2.25. The summed E-state index contributed by atoms with van der Waals surface area (Å²) in [6, 6.07) is 12.1. The van der Waals surface area contributed by atoms with E-state index in [4.69, 9.17) is 9.15 Å². The Hall–Kier alpha value is -2.34. The molecule has 3 rings (SSSR count). The highest BCUT2D eigenvalue weighted by atomic mass is 32.1. The molecule has 1 N–H and O–H groups in total. The number of ether oxygens (including phenoxy) is 1. The van der Waals surface area contributed by atoms with Crippen molar-refractivity contribution >= 4 is 17.4 Å². The number of nitrogens with one attached hydrogen (secondary N) is 1. The number of rotatable bonds is 5. The number of hydrogen-bond acceptors (Lipinski definition) is 6. The van der Waals surface area contributed by atoms with Crippen molar-refractivity contribution in [2.24, 2.45) is 0 Å². The van der Waals surface area contributed by atoms with Gasteiger partial charge in [-0.05, 0) is 17.5 Å². The molecule has 0 saturated heterocycles. The summed E-state index contributed by atoms with van der Waals surface area (Å²) in [5, 5.41) is 13.1. The topological polar surface area (TPSA) is 60.2 Å². The van der Waals surface area contributed by atoms with Gasteiger partial charge >= 0.3 is 6.01 Å².